The van der Waals surface area contributed by atoms with Crippen LogP contribution in [-0.2, 0) is 25.8 Å². The van der Waals surface area contributed by atoms with Crippen LogP contribution >= 0.6 is 0 Å². The molecule has 2 aliphatic rings. The lowest BCUT2D eigenvalue weighted by Crippen LogP contribution is -2.47. The summed E-state index contributed by atoms with van der Waals surface area (Å²) in [5.41, 5.74) is 1.03. The first-order valence-corrected chi connectivity index (χ1v) is 15.2. The van der Waals surface area contributed by atoms with Gasteiger partial charge in [-0.25, -0.2) is 14.4 Å². The Labute approximate surface area is 246 Å². The first-order valence-electron chi connectivity index (χ1n) is 13.8. The number of nitrogens with zero attached hydrogens (tertiary/aromatic N) is 4. The SMILES string of the molecule is CN(C)[C@H]1C[C@@H](c2cccc(C(F)(F)F)c2)CC[C@@H]1Nc1cc(F)c(S(=O)(=O)N(OC=O)c2ccncn2)cc1C1CC1. The summed E-state index contributed by atoms with van der Waals surface area (Å²) in [6, 6.07) is 8.78. The maximum Gasteiger partial charge on any atom is 0.416 e. The number of alkyl halides is 3. The second-order valence-electron chi connectivity index (χ2n) is 11.1. The second-order valence-corrected chi connectivity index (χ2v) is 12.8. The molecule has 0 spiro atoms. The van der Waals surface area contributed by atoms with Crippen molar-refractivity contribution in [3.63, 3.8) is 0 Å². The third-order valence-electron chi connectivity index (χ3n) is 8.02. The lowest BCUT2D eigenvalue weighted by Gasteiger charge is -2.41. The van der Waals surface area contributed by atoms with Crippen molar-refractivity contribution in [3.05, 3.63) is 77.5 Å². The Morgan fingerprint density at radius 3 is 2.42 bits per heavy atom. The van der Waals surface area contributed by atoms with Gasteiger partial charge in [-0.15, -0.1) is 0 Å². The Bertz CT molecular complexity index is 1570. The van der Waals surface area contributed by atoms with Crippen LogP contribution in [0.3, 0.4) is 0 Å². The zero-order valence-electron chi connectivity index (χ0n) is 23.5. The first kappa shape index (κ1) is 30.7. The van der Waals surface area contributed by atoms with E-state index in [0.717, 1.165) is 31.3 Å². The number of hydrogen-bond acceptors (Lipinski definition) is 8. The van der Waals surface area contributed by atoms with Gasteiger partial charge in [0.15, 0.2) is 5.82 Å². The van der Waals surface area contributed by atoms with Crippen molar-refractivity contribution < 1.29 is 35.6 Å². The summed E-state index contributed by atoms with van der Waals surface area (Å²) in [5, 5.41) is 3.44. The summed E-state index contributed by atoms with van der Waals surface area (Å²) < 4.78 is 82.9. The molecule has 0 unspecified atom stereocenters. The third-order valence-corrected chi connectivity index (χ3v) is 9.59. The maximum atomic E-state index is 15.6. The standard InChI is InChI=1S/C29H31F4N5O4S/c1-37(2)26-13-20(19-4-3-5-21(12-19)29(31,32)33)8-9-24(26)36-25-15-23(30)27(14-22(25)18-6-7-18)43(40,41)38(42-17-39)28-10-11-34-16-35-28/h3-5,10-12,14-18,20,24,26,36H,6-9,13H2,1-2H3/t20-,24-,26-/m0/s1. The molecule has 1 heterocycles. The molecule has 5 rings (SSSR count). The molecule has 0 aliphatic heterocycles. The second kappa shape index (κ2) is 12.1. The molecule has 1 aromatic heterocycles. The largest absolute Gasteiger partial charge is 0.416 e. The van der Waals surface area contributed by atoms with Crippen LogP contribution in [0.15, 0.2) is 59.9 Å². The smallest absolute Gasteiger partial charge is 0.380 e. The Kier molecular flexibility index (Phi) is 8.61. The number of rotatable bonds is 10. The molecule has 14 heteroatoms. The molecule has 1 N–H and O–H groups in total. The molecule has 3 aromatic rings. The molecular formula is C29H31F4N5O4S. The number of benzene rings is 2. The van der Waals surface area contributed by atoms with Crippen LogP contribution in [0, 0.1) is 5.82 Å². The van der Waals surface area contributed by atoms with Gasteiger partial charge in [0.2, 0.25) is 0 Å². The minimum absolute atomic E-state index is 0.00999. The molecule has 230 valence electrons. The number of aromatic nitrogens is 2. The van der Waals surface area contributed by atoms with Crippen LogP contribution in [0.25, 0.3) is 0 Å². The monoisotopic (exact) mass is 621 g/mol. The summed E-state index contributed by atoms with van der Waals surface area (Å²) in [7, 11) is -0.924. The highest BCUT2D eigenvalue weighted by molar-refractivity contribution is 7.92. The van der Waals surface area contributed by atoms with Gasteiger partial charge in [-0.2, -0.15) is 21.6 Å². The fourth-order valence-corrected chi connectivity index (χ4v) is 7.00. The minimum atomic E-state index is -4.70. The van der Waals surface area contributed by atoms with E-state index in [-0.39, 0.29) is 40.7 Å². The van der Waals surface area contributed by atoms with Crippen molar-refractivity contribution in [2.75, 3.05) is 23.9 Å². The van der Waals surface area contributed by atoms with E-state index in [4.69, 9.17) is 4.84 Å². The van der Waals surface area contributed by atoms with Gasteiger partial charge in [0.25, 0.3) is 10.0 Å². The molecule has 2 aliphatic carbocycles. The minimum Gasteiger partial charge on any atom is -0.380 e. The average Bonchev–Trinajstić information content (AvgIpc) is 3.81. The van der Waals surface area contributed by atoms with E-state index in [1.54, 1.807) is 6.07 Å². The molecule has 2 saturated carbocycles. The van der Waals surface area contributed by atoms with Crippen molar-refractivity contribution in [1.82, 2.24) is 14.9 Å². The van der Waals surface area contributed by atoms with Gasteiger partial charge >= 0.3 is 12.6 Å². The van der Waals surface area contributed by atoms with Crippen LogP contribution in [0.2, 0.25) is 0 Å². The van der Waals surface area contributed by atoms with E-state index >= 15 is 4.39 Å². The Hall–Kier alpha value is -3.78. The zero-order valence-corrected chi connectivity index (χ0v) is 24.3. The van der Waals surface area contributed by atoms with Crippen LogP contribution < -0.4 is 9.79 Å². The fourth-order valence-electron chi connectivity index (χ4n) is 5.74. The Morgan fingerprint density at radius 1 is 1.05 bits per heavy atom. The predicted molar refractivity (Wildman–Crippen MR) is 150 cm³/mol. The number of halogens is 4. The van der Waals surface area contributed by atoms with Gasteiger partial charge in [-0.05, 0) is 87.4 Å². The highest BCUT2D eigenvalue weighted by Gasteiger charge is 2.38. The number of sulfonamides is 1. The molecule has 0 amide bonds. The van der Waals surface area contributed by atoms with Crippen molar-refractivity contribution >= 4 is 28.0 Å². The lowest BCUT2D eigenvalue weighted by atomic mass is 9.77. The molecule has 0 saturated heterocycles. The number of nitrogens with one attached hydrogen (secondary N) is 1. The third kappa shape index (κ3) is 6.59. The Balaban J connectivity index is 1.43. The van der Waals surface area contributed by atoms with Gasteiger partial charge in [0.1, 0.15) is 17.0 Å². The fraction of sp³-hybridized carbons (Fsp3) is 0.414. The maximum absolute atomic E-state index is 15.6. The van der Waals surface area contributed by atoms with Gasteiger partial charge in [-0.1, -0.05) is 22.7 Å². The topological polar surface area (TPSA) is 105 Å². The first-order chi connectivity index (χ1) is 20.4. The van der Waals surface area contributed by atoms with Gasteiger partial charge in [0.05, 0.1) is 5.56 Å². The summed E-state index contributed by atoms with van der Waals surface area (Å²) in [6.45, 7) is -0.0909. The predicted octanol–water partition coefficient (Wildman–Crippen LogP) is 5.47. The molecule has 3 atom stereocenters. The van der Waals surface area contributed by atoms with Crippen molar-refractivity contribution in [1.29, 1.82) is 0 Å². The Morgan fingerprint density at radius 2 is 1.79 bits per heavy atom. The van der Waals surface area contributed by atoms with Crippen LogP contribution in [-0.4, -0.2) is 55.9 Å². The molecule has 0 radical (unpaired) electrons. The highest BCUT2D eigenvalue weighted by Crippen LogP contribution is 2.46. The molecule has 2 fully saturated rings. The van der Waals surface area contributed by atoms with E-state index < -0.39 is 32.5 Å². The number of likely N-dealkylation sites (N-methyl/N-ethyl adjacent to an activating group) is 1. The summed E-state index contributed by atoms with van der Waals surface area (Å²) in [6.07, 6.45) is 1.27. The van der Waals surface area contributed by atoms with E-state index in [9.17, 15) is 26.4 Å². The van der Waals surface area contributed by atoms with Crippen molar-refractivity contribution in [2.45, 2.75) is 67.1 Å². The number of carbonyl (C=O) groups is 1. The molecule has 0 bridgehead atoms. The van der Waals surface area contributed by atoms with E-state index in [1.807, 2.05) is 19.0 Å². The zero-order chi connectivity index (χ0) is 30.9. The highest BCUT2D eigenvalue weighted by atomic mass is 32.2. The van der Waals surface area contributed by atoms with Crippen LogP contribution in [0.1, 0.15) is 60.6 Å². The van der Waals surface area contributed by atoms with Gasteiger partial charge in [0, 0.05) is 30.0 Å². The van der Waals surface area contributed by atoms with Crippen LogP contribution in [0.4, 0.5) is 29.1 Å². The van der Waals surface area contributed by atoms with Crippen molar-refractivity contribution in [2.24, 2.45) is 0 Å². The molecule has 2 aromatic carbocycles. The summed E-state index contributed by atoms with van der Waals surface area (Å²) in [4.78, 5) is 24.7. The van der Waals surface area contributed by atoms with Crippen molar-refractivity contribution in [3.8, 4) is 0 Å². The van der Waals surface area contributed by atoms with Gasteiger partial charge < -0.3 is 15.1 Å². The van der Waals surface area contributed by atoms with E-state index in [2.05, 4.69) is 15.3 Å². The normalized spacial score (nSPS) is 21.0. The summed E-state index contributed by atoms with van der Waals surface area (Å²) in [5.74, 6) is -1.40. The van der Waals surface area contributed by atoms with E-state index in [0.29, 0.717) is 36.1 Å². The molecule has 43 heavy (non-hydrogen) atoms. The van der Waals surface area contributed by atoms with E-state index in [1.165, 1.54) is 30.5 Å². The summed E-state index contributed by atoms with van der Waals surface area (Å²) >= 11 is 0. The quantitative estimate of drug-likeness (QED) is 0.181. The number of hydrogen-bond donors (Lipinski definition) is 1. The number of carbonyl (C=O) groups excluding carboxylic acids is 1. The van der Waals surface area contributed by atoms with Crippen LogP contribution in [0.5, 0.6) is 0 Å². The lowest BCUT2D eigenvalue weighted by molar-refractivity contribution is -0.137. The average molecular weight is 622 g/mol. The molecule has 9 nitrogen and oxygen atoms in total. The molecular weight excluding hydrogens is 590 g/mol. The number of anilines is 2. The van der Waals surface area contributed by atoms with Gasteiger partial charge in [-0.3, -0.25) is 4.79 Å².